The molecule has 1 aliphatic heterocycles. The number of amides is 3. The van der Waals surface area contributed by atoms with Gasteiger partial charge in [-0.1, -0.05) is 12.8 Å². The van der Waals surface area contributed by atoms with Gasteiger partial charge in [-0.15, -0.1) is 0 Å². The third-order valence-electron chi connectivity index (χ3n) is 4.01. The second kappa shape index (κ2) is 4.97. The van der Waals surface area contributed by atoms with E-state index in [-0.39, 0.29) is 24.5 Å². The summed E-state index contributed by atoms with van der Waals surface area (Å²) >= 11 is 0. The number of carbonyl (C=O) groups is 2. The van der Waals surface area contributed by atoms with E-state index in [9.17, 15) is 9.59 Å². The summed E-state index contributed by atoms with van der Waals surface area (Å²) in [6.45, 7) is 0.170. The Hall–Kier alpha value is -2.35. The maximum atomic E-state index is 12.4. The Labute approximate surface area is 117 Å². The van der Waals surface area contributed by atoms with Crippen molar-refractivity contribution in [2.75, 3.05) is 11.4 Å². The average molecular weight is 269 g/mol. The highest BCUT2D eigenvalue weighted by Crippen LogP contribution is 2.29. The van der Waals surface area contributed by atoms with Crippen molar-refractivity contribution in [2.24, 2.45) is 0 Å². The number of nitrogens with zero attached hydrogens (tertiary/aromatic N) is 3. The molecule has 0 spiro atoms. The minimum atomic E-state index is -0.230. The summed E-state index contributed by atoms with van der Waals surface area (Å²) in [6, 6.07) is 8.52. The van der Waals surface area contributed by atoms with Gasteiger partial charge in [0.25, 0.3) is 5.91 Å². The van der Waals surface area contributed by atoms with E-state index in [1.807, 2.05) is 6.07 Å². The highest BCUT2D eigenvalue weighted by molar-refractivity contribution is 6.19. The summed E-state index contributed by atoms with van der Waals surface area (Å²) in [5.74, 6) is -0.188. The molecule has 0 unspecified atom stereocenters. The average Bonchev–Trinajstić information content (AvgIpc) is 3.07. The number of carbonyl (C=O) groups excluding carboxylic acids is 2. The SMILES string of the molecule is N#Cc1ccc(N2C(=O)CN(C3CCCC3)C2=O)cc1. The molecule has 3 amide bonds. The third kappa shape index (κ3) is 2.03. The Kier molecular flexibility index (Phi) is 3.15. The Morgan fingerprint density at radius 2 is 1.75 bits per heavy atom. The van der Waals surface area contributed by atoms with Crippen molar-refractivity contribution in [2.45, 2.75) is 31.7 Å². The topological polar surface area (TPSA) is 64.4 Å². The van der Waals surface area contributed by atoms with Crippen LogP contribution in [0.1, 0.15) is 31.2 Å². The zero-order valence-electron chi connectivity index (χ0n) is 11.1. The van der Waals surface area contributed by atoms with E-state index in [1.54, 1.807) is 29.2 Å². The van der Waals surface area contributed by atoms with E-state index in [4.69, 9.17) is 5.26 Å². The van der Waals surface area contributed by atoms with Gasteiger partial charge in [0.1, 0.15) is 6.54 Å². The first kappa shape index (κ1) is 12.7. The molecule has 20 heavy (non-hydrogen) atoms. The van der Waals surface area contributed by atoms with Crippen LogP contribution in [0.4, 0.5) is 10.5 Å². The molecule has 0 N–H and O–H groups in total. The molecule has 1 heterocycles. The molecule has 5 heteroatoms. The zero-order chi connectivity index (χ0) is 14.1. The first-order valence-electron chi connectivity index (χ1n) is 6.84. The van der Waals surface area contributed by atoms with E-state index in [0.29, 0.717) is 11.3 Å². The lowest BCUT2D eigenvalue weighted by atomic mass is 10.2. The van der Waals surface area contributed by atoms with Crippen LogP contribution in [0.15, 0.2) is 24.3 Å². The molecule has 0 aromatic heterocycles. The zero-order valence-corrected chi connectivity index (χ0v) is 11.1. The summed E-state index contributed by atoms with van der Waals surface area (Å²) in [5.41, 5.74) is 1.06. The maximum absolute atomic E-state index is 12.4. The number of urea groups is 1. The van der Waals surface area contributed by atoms with Crippen LogP contribution >= 0.6 is 0 Å². The largest absolute Gasteiger partial charge is 0.332 e. The normalized spacial score (nSPS) is 19.8. The van der Waals surface area contributed by atoms with E-state index >= 15 is 0 Å². The fourth-order valence-electron chi connectivity index (χ4n) is 2.96. The lowest BCUT2D eigenvalue weighted by molar-refractivity contribution is -0.116. The van der Waals surface area contributed by atoms with Crippen LogP contribution in [-0.2, 0) is 4.79 Å². The summed E-state index contributed by atoms with van der Waals surface area (Å²) in [6.07, 6.45) is 4.22. The summed E-state index contributed by atoms with van der Waals surface area (Å²) in [5, 5.41) is 8.78. The molecule has 1 saturated carbocycles. The van der Waals surface area contributed by atoms with Crippen molar-refractivity contribution in [1.29, 1.82) is 5.26 Å². The van der Waals surface area contributed by atoms with Gasteiger partial charge in [-0.3, -0.25) is 4.79 Å². The summed E-state index contributed by atoms with van der Waals surface area (Å²) in [7, 11) is 0. The van der Waals surface area contributed by atoms with Crippen molar-refractivity contribution >= 4 is 17.6 Å². The molecule has 1 aliphatic carbocycles. The van der Waals surface area contributed by atoms with Gasteiger partial charge >= 0.3 is 6.03 Å². The lowest BCUT2D eigenvalue weighted by Gasteiger charge is -2.22. The molecule has 3 rings (SSSR count). The van der Waals surface area contributed by atoms with Crippen LogP contribution in [0, 0.1) is 11.3 Å². The molecule has 2 fully saturated rings. The predicted octanol–water partition coefficient (Wildman–Crippen LogP) is 2.27. The lowest BCUT2D eigenvalue weighted by Crippen LogP contribution is -2.38. The maximum Gasteiger partial charge on any atom is 0.332 e. The number of benzene rings is 1. The molecule has 5 nitrogen and oxygen atoms in total. The summed E-state index contributed by atoms with van der Waals surface area (Å²) in [4.78, 5) is 27.4. The summed E-state index contributed by atoms with van der Waals surface area (Å²) < 4.78 is 0. The fraction of sp³-hybridized carbons (Fsp3) is 0.400. The van der Waals surface area contributed by atoms with Crippen LogP contribution in [0.3, 0.4) is 0 Å². The highest BCUT2D eigenvalue weighted by Gasteiger charge is 2.41. The molecule has 2 aliphatic rings. The van der Waals surface area contributed by atoms with E-state index < -0.39 is 0 Å². The van der Waals surface area contributed by atoms with Crippen LogP contribution in [0.25, 0.3) is 0 Å². The van der Waals surface area contributed by atoms with Crippen molar-refractivity contribution < 1.29 is 9.59 Å². The smallest absolute Gasteiger partial charge is 0.312 e. The molecule has 1 aromatic rings. The second-order valence-electron chi connectivity index (χ2n) is 5.24. The Balaban J connectivity index is 1.84. The van der Waals surface area contributed by atoms with Crippen LogP contribution in [0.2, 0.25) is 0 Å². The van der Waals surface area contributed by atoms with Gasteiger partial charge in [0.15, 0.2) is 0 Å². The second-order valence-corrected chi connectivity index (χ2v) is 5.24. The van der Waals surface area contributed by atoms with Gasteiger partial charge in [-0.05, 0) is 37.1 Å². The Morgan fingerprint density at radius 3 is 2.35 bits per heavy atom. The van der Waals surface area contributed by atoms with E-state index in [2.05, 4.69) is 0 Å². The molecule has 0 atom stereocenters. The first-order chi connectivity index (χ1) is 9.70. The minimum absolute atomic E-state index is 0.170. The third-order valence-corrected chi connectivity index (χ3v) is 4.01. The number of imide groups is 1. The molecule has 102 valence electrons. The molecule has 0 bridgehead atoms. The van der Waals surface area contributed by atoms with Crippen molar-refractivity contribution in [3.8, 4) is 6.07 Å². The first-order valence-corrected chi connectivity index (χ1v) is 6.84. The van der Waals surface area contributed by atoms with Gasteiger partial charge < -0.3 is 4.90 Å². The van der Waals surface area contributed by atoms with E-state index in [1.165, 1.54) is 4.90 Å². The van der Waals surface area contributed by atoms with Crippen molar-refractivity contribution in [1.82, 2.24) is 4.90 Å². The number of hydrogen-bond acceptors (Lipinski definition) is 3. The van der Waals surface area contributed by atoms with Gasteiger partial charge in [-0.25, -0.2) is 9.69 Å². The van der Waals surface area contributed by atoms with Crippen LogP contribution < -0.4 is 4.90 Å². The Bertz CT molecular complexity index is 582. The molecular formula is C15H15N3O2. The number of anilines is 1. The van der Waals surface area contributed by atoms with Gasteiger partial charge in [0.2, 0.25) is 0 Å². The molecule has 1 aromatic carbocycles. The highest BCUT2D eigenvalue weighted by atomic mass is 16.2. The Morgan fingerprint density at radius 1 is 1.10 bits per heavy atom. The number of nitriles is 1. The molecule has 0 radical (unpaired) electrons. The fourth-order valence-corrected chi connectivity index (χ4v) is 2.96. The quantitative estimate of drug-likeness (QED) is 0.774. The monoisotopic (exact) mass is 269 g/mol. The van der Waals surface area contributed by atoms with Crippen molar-refractivity contribution in [3.63, 3.8) is 0 Å². The molecular weight excluding hydrogens is 254 g/mol. The standard InChI is InChI=1S/C15H15N3O2/c16-9-11-5-7-13(8-6-11)18-14(19)10-17(15(18)20)12-3-1-2-4-12/h5-8,12H,1-4,10H2. The number of hydrogen-bond donors (Lipinski definition) is 0. The van der Waals surface area contributed by atoms with Gasteiger partial charge in [0.05, 0.1) is 17.3 Å². The van der Waals surface area contributed by atoms with Gasteiger partial charge in [0, 0.05) is 6.04 Å². The van der Waals surface area contributed by atoms with Crippen LogP contribution in [0.5, 0.6) is 0 Å². The van der Waals surface area contributed by atoms with E-state index in [0.717, 1.165) is 25.7 Å². The van der Waals surface area contributed by atoms with Crippen LogP contribution in [-0.4, -0.2) is 29.4 Å². The minimum Gasteiger partial charge on any atom is -0.312 e. The van der Waals surface area contributed by atoms with Crippen molar-refractivity contribution in [3.05, 3.63) is 29.8 Å². The van der Waals surface area contributed by atoms with Gasteiger partial charge in [-0.2, -0.15) is 5.26 Å². The predicted molar refractivity (Wildman–Crippen MR) is 73.0 cm³/mol. The number of rotatable bonds is 2. The molecule has 1 saturated heterocycles.